The molecule has 46 heteroatoms. The highest BCUT2D eigenvalue weighted by atomic mass is 16.5. The molecule has 2 aromatic heterocycles. The number of carbonyl (C=O) groups is 21. The van der Waals surface area contributed by atoms with Crippen LogP contribution in [-0.4, -0.2) is 264 Å². The van der Waals surface area contributed by atoms with Crippen LogP contribution in [0.25, 0.3) is 10.9 Å². The standard InChI is InChI=1S/C77H103N19O27/c1-5-6-7-8-9-10-11-22-57(100)88-47(27-41-33-83-45-20-15-13-17-42(41)45)71(116)91-48(29-56(79)99)72(117)93-51(32-63(109)110)73(118)96-65-40(4)123-77(122)52(28-55(98)43-18-12-14-19-44(43)78)94-76(121)64(38(2)26-60(103)104)95-74(119)54(37-97)89-59(102)35-84-67(112)49(30-61(105)106)90-66(111)39(3)86-70(115)50(31-62(107)108)92-69(114)46(87-58(101)36-85-75(65)120)21-16-23-82-68(113)53-34-80-24-25-81-53/h12-15,17-20,24-25,33-34,38-40,46-52,54,64-65,83,97H,5-11,16,21-23,26-32,35-37,78H2,1-4H3,(H2,79,99)(H,82,113)(H,84,112)(H,85,120)(H,86,115)(H,87,101)(H,88,100)(H,89,102)(H,90,111)(H,91,116)(H,92,114)(H,93,117)(H,94,121)(H,95,119)(H,96,118)(H,103,104)(H,105,106)(H,107,108)(H,109,110). The molecule has 668 valence electrons. The molecule has 0 bridgehead atoms. The number of nitrogens with zero attached hydrogens (tertiary/aromatic N) is 2. The predicted octanol–water partition coefficient (Wildman–Crippen LogP) is -5.36. The van der Waals surface area contributed by atoms with Crippen LogP contribution in [0, 0.1) is 5.92 Å². The molecule has 2 aromatic carbocycles. The number of carboxylic acid groups (broad SMARTS) is 4. The fraction of sp³-hybridized carbons (Fsp3) is 0.494. The van der Waals surface area contributed by atoms with Crippen molar-refractivity contribution in [3.63, 3.8) is 0 Å². The third kappa shape index (κ3) is 33.9. The number of carboxylic acids is 4. The molecular formula is C77H103N19O27. The van der Waals surface area contributed by atoms with Crippen molar-refractivity contribution in [2.24, 2.45) is 11.7 Å². The van der Waals surface area contributed by atoms with Gasteiger partial charge in [0.15, 0.2) is 5.78 Å². The van der Waals surface area contributed by atoms with Gasteiger partial charge in [0.25, 0.3) is 5.91 Å². The first-order valence-corrected chi connectivity index (χ1v) is 39.1. The zero-order chi connectivity index (χ0) is 91.2. The average Bonchev–Trinajstić information content (AvgIpc) is 1.80. The number of unbranched alkanes of at least 4 members (excludes halogenated alkanes) is 6. The van der Waals surface area contributed by atoms with Gasteiger partial charge < -0.3 is 121 Å². The molecular weight excluding hydrogens is 1620 g/mol. The minimum Gasteiger partial charge on any atom is -0.481 e. The van der Waals surface area contributed by atoms with Crippen molar-refractivity contribution < 1.29 is 131 Å². The molecule has 13 atom stereocenters. The molecule has 0 aliphatic carbocycles. The number of primary amides is 1. The number of cyclic esters (lactones) is 1. The van der Waals surface area contributed by atoms with E-state index in [0.717, 1.165) is 59.1 Å². The van der Waals surface area contributed by atoms with Crippen LogP contribution in [0.3, 0.4) is 0 Å². The molecule has 46 nitrogen and oxygen atoms in total. The number of H-pyrrole nitrogens is 1. The monoisotopic (exact) mass is 1730 g/mol. The third-order valence-electron chi connectivity index (χ3n) is 18.9. The van der Waals surface area contributed by atoms with E-state index in [4.69, 9.17) is 16.2 Å². The van der Waals surface area contributed by atoms with Crippen LogP contribution in [-0.2, 0) is 102 Å². The van der Waals surface area contributed by atoms with Gasteiger partial charge in [-0.1, -0.05) is 82.7 Å². The smallest absolute Gasteiger partial charge is 0.329 e. The summed E-state index contributed by atoms with van der Waals surface area (Å²) < 4.78 is 5.71. The number of aliphatic hydroxyl groups is 1. The molecule has 1 aliphatic heterocycles. The zero-order valence-electron chi connectivity index (χ0n) is 67.5. The first-order chi connectivity index (χ1) is 58.3. The number of anilines is 1. The second-order valence-electron chi connectivity index (χ2n) is 28.8. The second kappa shape index (κ2) is 50.1. The average molecular weight is 1730 g/mol. The molecule has 1 fully saturated rings. The maximum atomic E-state index is 14.9. The van der Waals surface area contributed by atoms with E-state index in [0.29, 0.717) is 29.3 Å². The Morgan fingerprint density at radius 2 is 1.14 bits per heavy atom. The van der Waals surface area contributed by atoms with E-state index in [1.165, 1.54) is 36.7 Å². The van der Waals surface area contributed by atoms with Crippen molar-refractivity contribution >= 4 is 141 Å². The Balaban J connectivity index is 1.63. The van der Waals surface area contributed by atoms with Crippen molar-refractivity contribution in [1.29, 1.82) is 0 Å². The minimum atomic E-state index is -2.50. The maximum Gasteiger partial charge on any atom is 0.329 e. The van der Waals surface area contributed by atoms with E-state index in [1.807, 2.05) is 16.0 Å². The van der Waals surface area contributed by atoms with E-state index >= 15 is 0 Å². The third-order valence-corrected chi connectivity index (χ3v) is 18.9. The van der Waals surface area contributed by atoms with Gasteiger partial charge in [0.05, 0.1) is 58.0 Å². The lowest BCUT2D eigenvalue weighted by molar-refractivity contribution is -0.156. The fourth-order valence-electron chi connectivity index (χ4n) is 12.4. The quantitative estimate of drug-likeness (QED) is 0.00867. The van der Waals surface area contributed by atoms with Gasteiger partial charge >= 0.3 is 29.8 Å². The number of esters is 1. The number of hydrogen-bond acceptors (Lipinski definition) is 26. The van der Waals surface area contributed by atoms with Gasteiger partial charge in [-0.3, -0.25) is 101 Å². The summed E-state index contributed by atoms with van der Waals surface area (Å²) in [6, 6.07) is -11.1. The number of nitrogens with two attached hydrogens (primary N) is 2. The van der Waals surface area contributed by atoms with Crippen LogP contribution in [0.15, 0.2) is 73.3 Å². The summed E-state index contributed by atoms with van der Waals surface area (Å²) in [5.41, 5.74) is 12.2. The van der Waals surface area contributed by atoms with Crippen LogP contribution >= 0.6 is 0 Å². The van der Waals surface area contributed by atoms with E-state index in [1.54, 1.807) is 30.5 Å². The first kappa shape index (κ1) is 99.5. The van der Waals surface area contributed by atoms with Crippen molar-refractivity contribution in [2.45, 2.75) is 209 Å². The van der Waals surface area contributed by atoms with Gasteiger partial charge in [-0.25, -0.2) is 9.78 Å². The summed E-state index contributed by atoms with van der Waals surface area (Å²) in [6.45, 7) is 0.816. The molecule has 1 aliphatic rings. The minimum absolute atomic E-state index is 0.0315. The summed E-state index contributed by atoms with van der Waals surface area (Å²) in [7, 11) is 0. The molecule has 5 rings (SSSR count). The van der Waals surface area contributed by atoms with Crippen LogP contribution in [0.4, 0.5) is 5.69 Å². The van der Waals surface area contributed by atoms with Gasteiger partial charge in [-0.05, 0) is 62.8 Å². The normalized spacial score (nSPS) is 20.5. The molecule has 0 saturated carbocycles. The lowest BCUT2D eigenvalue weighted by Crippen LogP contribution is -2.62. The van der Waals surface area contributed by atoms with Gasteiger partial charge in [0.2, 0.25) is 82.7 Å². The lowest BCUT2D eigenvalue weighted by atomic mass is 9.96. The number of amides is 15. The number of aliphatic carboxylic acids is 4. The molecule has 1 saturated heterocycles. The van der Waals surface area contributed by atoms with Crippen molar-refractivity contribution in [2.75, 3.05) is 32.0 Å². The number of ether oxygens (including phenoxy) is 1. The number of nitrogens with one attached hydrogen (secondary N) is 15. The number of ketones is 1. The molecule has 3 heterocycles. The van der Waals surface area contributed by atoms with E-state index in [2.05, 4.69) is 80.4 Å². The molecule has 0 spiro atoms. The summed E-state index contributed by atoms with van der Waals surface area (Å²) in [5, 5.41) is 81.5. The Morgan fingerprint density at radius 3 is 1.76 bits per heavy atom. The Kier molecular flexibility index (Phi) is 40.5. The number of hydrogen-bond donors (Lipinski definition) is 22. The highest BCUT2D eigenvalue weighted by Gasteiger charge is 2.41. The maximum absolute atomic E-state index is 14.9. The van der Waals surface area contributed by atoms with Gasteiger partial charge in [-0.2, -0.15) is 0 Å². The number of benzene rings is 2. The molecule has 24 N–H and O–H groups in total. The Morgan fingerprint density at radius 1 is 0.569 bits per heavy atom. The van der Waals surface area contributed by atoms with Gasteiger partial charge in [-0.15, -0.1) is 0 Å². The van der Waals surface area contributed by atoms with Crippen LogP contribution in [0.1, 0.15) is 157 Å². The predicted molar refractivity (Wildman–Crippen MR) is 426 cm³/mol. The van der Waals surface area contributed by atoms with Crippen LogP contribution in [0.2, 0.25) is 0 Å². The number of aromatic amines is 1. The molecule has 13 unspecified atom stereocenters. The number of para-hydroxylation sites is 2. The van der Waals surface area contributed by atoms with Crippen molar-refractivity contribution in [3.05, 3.63) is 90.1 Å². The van der Waals surface area contributed by atoms with E-state index < -0.39 is 267 Å². The Bertz CT molecular complexity index is 4510. The topological polar surface area (TPSA) is 731 Å². The van der Waals surface area contributed by atoms with Gasteiger partial charge in [0.1, 0.15) is 78.3 Å². The largest absolute Gasteiger partial charge is 0.481 e. The number of rotatable bonds is 37. The van der Waals surface area contributed by atoms with E-state index in [9.17, 15) is 126 Å². The lowest BCUT2D eigenvalue weighted by Gasteiger charge is -2.30. The van der Waals surface area contributed by atoms with Crippen molar-refractivity contribution in [3.8, 4) is 0 Å². The summed E-state index contributed by atoms with van der Waals surface area (Å²) in [4.78, 5) is 299. The highest BCUT2D eigenvalue weighted by molar-refractivity contribution is 6.05. The molecule has 4 aromatic rings. The highest BCUT2D eigenvalue weighted by Crippen LogP contribution is 2.22. The van der Waals surface area contributed by atoms with Crippen LogP contribution in [0.5, 0.6) is 0 Å². The number of aromatic nitrogens is 3. The number of nitrogen functional groups attached to an aromatic ring is 1. The van der Waals surface area contributed by atoms with Gasteiger partial charge in [0, 0.05) is 66.6 Å². The Labute approximate surface area is 701 Å². The number of Topliss-reactive ketones (excluding diaryl/α,β-unsaturated/α-hetero) is 1. The fourth-order valence-corrected chi connectivity index (χ4v) is 12.4. The zero-order valence-corrected chi connectivity index (χ0v) is 67.5. The number of carbonyl (C=O) groups excluding carboxylic acids is 17. The van der Waals surface area contributed by atoms with Crippen molar-refractivity contribution in [1.82, 2.24) is 89.4 Å². The Hall–Kier alpha value is -14.1. The molecule has 0 radical (unpaired) electrons. The summed E-state index contributed by atoms with van der Waals surface area (Å²) in [6.07, 6.45) is 0.584. The van der Waals surface area contributed by atoms with Crippen LogP contribution < -0.4 is 85.9 Å². The summed E-state index contributed by atoms with van der Waals surface area (Å²) >= 11 is 0. The number of fused-ring (bicyclic) bond motifs is 1. The number of aliphatic hydroxyl groups excluding tert-OH is 1. The first-order valence-electron chi connectivity index (χ1n) is 39.1. The summed E-state index contributed by atoms with van der Waals surface area (Å²) in [5.74, 6) is -31.1. The molecule has 123 heavy (non-hydrogen) atoms. The second-order valence-corrected chi connectivity index (χ2v) is 28.8. The SMILES string of the molecule is CCCCCCCCCC(=O)NC(Cc1c[nH]c2ccccc12)C(=O)NC(CC(N)=O)C(=O)NC(CC(=O)O)C(=O)NC1C(=O)NCC(=O)NC(CCCNC(=O)c2cnccn2)C(=O)NC(CC(=O)O)C(=O)NC(C)C(=O)NC(CC(=O)O)C(=O)NCC(=O)NC(CO)C(=O)NC(C(C)CC(=O)O)C(=O)NC(CC(=O)c2ccccc2N)C(=O)OC1C. The molecule has 15 amide bonds. The van der Waals surface area contributed by atoms with E-state index in [-0.39, 0.29) is 42.8 Å².